The van der Waals surface area contributed by atoms with Gasteiger partial charge in [-0.05, 0) is 19.1 Å². The van der Waals surface area contributed by atoms with Gasteiger partial charge in [-0.3, -0.25) is 4.98 Å². The molecule has 94 valence electrons. The van der Waals surface area contributed by atoms with Crippen LogP contribution in [0.5, 0.6) is 0 Å². The number of hydrogen-bond donors (Lipinski definition) is 1. The van der Waals surface area contributed by atoms with Crippen LogP contribution in [0.25, 0.3) is 11.5 Å². The third-order valence-electron chi connectivity index (χ3n) is 2.80. The predicted octanol–water partition coefficient (Wildman–Crippen LogP) is 1.10. The zero-order chi connectivity index (χ0) is 12.4. The molecule has 0 aromatic carbocycles. The Hall–Kier alpha value is -1.79. The van der Waals surface area contributed by atoms with Crippen molar-refractivity contribution in [2.45, 2.75) is 13.0 Å². The second kappa shape index (κ2) is 4.83. The van der Waals surface area contributed by atoms with Crippen molar-refractivity contribution < 1.29 is 9.26 Å². The minimum absolute atomic E-state index is 0.126. The summed E-state index contributed by atoms with van der Waals surface area (Å²) < 4.78 is 10.8. The number of ether oxygens (including phenoxy) is 1. The van der Waals surface area contributed by atoms with Crippen LogP contribution >= 0.6 is 0 Å². The van der Waals surface area contributed by atoms with Gasteiger partial charge in [0, 0.05) is 30.5 Å². The van der Waals surface area contributed by atoms with Crippen LogP contribution in [0.4, 0.5) is 0 Å². The summed E-state index contributed by atoms with van der Waals surface area (Å²) in [5.41, 5.74) is 1.80. The number of aryl methyl sites for hydroxylation is 1. The zero-order valence-corrected chi connectivity index (χ0v) is 10.1. The predicted molar refractivity (Wildman–Crippen MR) is 63.8 cm³/mol. The summed E-state index contributed by atoms with van der Waals surface area (Å²) in [6, 6.07) is 3.77. The lowest BCUT2D eigenvalue weighted by molar-refractivity contribution is 0.0208. The van der Waals surface area contributed by atoms with Crippen molar-refractivity contribution in [3.8, 4) is 11.5 Å². The first-order chi connectivity index (χ1) is 8.83. The van der Waals surface area contributed by atoms with E-state index in [1.54, 1.807) is 6.20 Å². The highest BCUT2D eigenvalue weighted by Crippen LogP contribution is 2.21. The van der Waals surface area contributed by atoms with Crippen molar-refractivity contribution >= 4 is 0 Å². The number of rotatable bonds is 2. The second-order valence-corrected chi connectivity index (χ2v) is 4.21. The Morgan fingerprint density at radius 2 is 2.39 bits per heavy atom. The topological polar surface area (TPSA) is 73.1 Å². The highest BCUT2D eigenvalue weighted by molar-refractivity contribution is 5.52. The number of pyridine rings is 1. The summed E-state index contributed by atoms with van der Waals surface area (Å²) in [6.45, 7) is 4.18. The molecule has 6 heteroatoms. The number of hydrogen-bond acceptors (Lipinski definition) is 6. The first kappa shape index (κ1) is 11.3. The second-order valence-electron chi connectivity index (χ2n) is 4.21. The van der Waals surface area contributed by atoms with Crippen LogP contribution in [0.1, 0.15) is 17.6 Å². The Morgan fingerprint density at radius 1 is 1.44 bits per heavy atom. The quantitative estimate of drug-likeness (QED) is 0.855. The Bertz CT molecular complexity index is 534. The van der Waals surface area contributed by atoms with Crippen LogP contribution in [0.2, 0.25) is 0 Å². The number of nitrogens with one attached hydrogen (secondary N) is 1. The fourth-order valence-electron chi connectivity index (χ4n) is 1.89. The third-order valence-corrected chi connectivity index (χ3v) is 2.80. The lowest BCUT2D eigenvalue weighted by Crippen LogP contribution is -2.33. The molecule has 0 radical (unpaired) electrons. The van der Waals surface area contributed by atoms with E-state index in [1.807, 2.05) is 19.1 Å². The SMILES string of the molecule is Cc1cc(-c2nc(C3CNCCO3)no2)ccn1. The van der Waals surface area contributed by atoms with Crippen molar-refractivity contribution in [2.24, 2.45) is 0 Å². The fourth-order valence-corrected chi connectivity index (χ4v) is 1.89. The van der Waals surface area contributed by atoms with Crippen LogP contribution in [-0.4, -0.2) is 34.8 Å². The van der Waals surface area contributed by atoms with Crippen LogP contribution in [0.15, 0.2) is 22.9 Å². The molecule has 1 N–H and O–H groups in total. The third kappa shape index (κ3) is 2.25. The molecular weight excluding hydrogens is 232 g/mol. The number of nitrogens with zero attached hydrogens (tertiary/aromatic N) is 3. The van der Waals surface area contributed by atoms with Gasteiger partial charge < -0.3 is 14.6 Å². The number of morpholine rings is 1. The van der Waals surface area contributed by atoms with E-state index in [1.165, 1.54) is 0 Å². The maximum atomic E-state index is 5.58. The van der Waals surface area contributed by atoms with Gasteiger partial charge in [0.2, 0.25) is 5.82 Å². The molecule has 1 fully saturated rings. The van der Waals surface area contributed by atoms with Crippen molar-refractivity contribution in [1.82, 2.24) is 20.4 Å². The van der Waals surface area contributed by atoms with Crippen LogP contribution < -0.4 is 5.32 Å². The van der Waals surface area contributed by atoms with E-state index < -0.39 is 0 Å². The molecule has 1 aliphatic heterocycles. The molecule has 0 saturated carbocycles. The molecular formula is C12H14N4O2. The molecule has 1 atom stereocenters. The van der Waals surface area contributed by atoms with E-state index in [0.717, 1.165) is 17.8 Å². The van der Waals surface area contributed by atoms with Gasteiger partial charge in [0.15, 0.2) is 0 Å². The molecule has 2 aromatic heterocycles. The Labute approximate surface area is 104 Å². The largest absolute Gasteiger partial charge is 0.367 e. The minimum Gasteiger partial charge on any atom is -0.367 e. The lowest BCUT2D eigenvalue weighted by Gasteiger charge is -2.20. The van der Waals surface area contributed by atoms with E-state index in [4.69, 9.17) is 9.26 Å². The molecule has 0 aliphatic carbocycles. The van der Waals surface area contributed by atoms with Gasteiger partial charge in [-0.25, -0.2) is 0 Å². The molecule has 3 rings (SSSR count). The van der Waals surface area contributed by atoms with Crippen molar-refractivity contribution in [1.29, 1.82) is 0 Å². The minimum atomic E-state index is -0.126. The van der Waals surface area contributed by atoms with E-state index in [2.05, 4.69) is 20.4 Å². The highest BCUT2D eigenvalue weighted by atomic mass is 16.5. The molecule has 2 aromatic rings. The van der Waals surface area contributed by atoms with Gasteiger partial charge in [-0.1, -0.05) is 5.16 Å². The fraction of sp³-hybridized carbons (Fsp3) is 0.417. The average Bonchev–Trinajstić information content (AvgIpc) is 2.89. The summed E-state index contributed by atoms with van der Waals surface area (Å²) in [6.07, 6.45) is 1.60. The summed E-state index contributed by atoms with van der Waals surface area (Å²) in [5, 5.41) is 7.21. The van der Waals surface area contributed by atoms with E-state index in [-0.39, 0.29) is 6.10 Å². The molecule has 1 aliphatic rings. The van der Waals surface area contributed by atoms with Gasteiger partial charge >= 0.3 is 0 Å². The standard InChI is InChI=1S/C12H14N4O2/c1-8-6-9(2-3-14-8)12-15-11(16-18-12)10-7-13-4-5-17-10/h2-3,6,10,13H,4-5,7H2,1H3. The molecule has 6 nitrogen and oxygen atoms in total. The average molecular weight is 246 g/mol. The normalized spacial score (nSPS) is 19.9. The monoisotopic (exact) mass is 246 g/mol. The maximum Gasteiger partial charge on any atom is 0.258 e. The van der Waals surface area contributed by atoms with Gasteiger partial charge in [0.25, 0.3) is 5.89 Å². The van der Waals surface area contributed by atoms with Crippen molar-refractivity contribution in [3.63, 3.8) is 0 Å². The summed E-state index contributed by atoms with van der Waals surface area (Å²) in [4.78, 5) is 8.51. The summed E-state index contributed by atoms with van der Waals surface area (Å²) >= 11 is 0. The number of aromatic nitrogens is 3. The summed E-state index contributed by atoms with van der Waals surface area (Å²) in [7, 11) is 0. The Balaban J connectivity index is 1.84. The van der Waals surface area contributed by atoms with Gasteiger partial charge in [0.05, 0.1) is 6.61 Å². The Morgan fingerprint density at radius 3 is 3.17 bits per heavy atom. The first-order valence-electron chi connectivity index (χ1n) is 5.92. The van der Waals surface area contributed by atoms with E-state index >= 15 is 0 Å². The van der Waals surface area contributed by atoms with Gasteiger partial charge in [-0.2, -0.15) is 4.98 Å². The van der Waals surface area contributed by atoms with Crippen LogP contribution in [-0.2, 0) is 4.74 Å². The van der Waals surface area contributed by atoms with Gasteiger partial charge in [-0.15, -0.1) is 0 Å². The molecule has 1 unspecified atom stereocenters. The highest BCUT2D eigenvalue weighted by Gasteiger charge is 2.21. The van der Waals surface area contributed by atoms with Gasteiger partial charge in [0.1, 0.15) is 6.10 Å². The summed E-state index contributed by atoms with van der Waals surface area (Å²) in [5.74, 6) is 1.09. The van der Waals surface area contributed by atoms with Crippen LogP contribution in [0, 0.1) is 6.92 Å². The molecule has 0 spiro atoms. The lowest BCUT2D eigenvalue weighted by atomic mass is 10.2. The zero-order valence-electron chi connectivity index (χ0n) is 10.1. The van der Waals surface area contributed by atoms with E-state index in [9.17, 15) is 0 Å². The maximum absolute atomic E-state index is 5.58. The van der Waals surface area contributed by atoms with Crippen LogP contribution in [0.3, 0.4) is 0 Å². The smallest absolute Gasteiger partial charge is 0.258 e. The van der Waals surface area contributed by atoms with E-state index in [0.29, 0.717) is 24.9 Å². The molecule has 3 heterocycles. The Kier molecular flexibility index (Phi) is 3.04. The van der Waals surface area contributed by atoms with Crippen molar-refractivity contribution in [3.05, 3.63) is 29.8 Å². The molecule has 1 saturated heterocycles. The first-order valence-corrected chi connectivity index (χ1v) is 5.92. The molecule has 18 heavy (non-hydrogen) atoms. The molecule has 0 amide bonds. The van der Waals surface area contributed by atoms with Crippen molar-refractivity contribution in [2.75, 3.05) is 19.7 Å². The molecule has 0 bridgehead atoms.